The van der Waals surface area contributed by atoms with Gasteiger partial charge in [0.05, 0.1) is 17.8 Å². The SMILES string of the molecule is CCCNCc1coc(N2CCCC(C)(OC)C2)n1. The lowest BCUT2D eigenvalue weighted by Gasteiger charge is -2.38. The van der Waals surface area contributed by atoms with Crippen LogP contribution in [0.1, 0.15) is 38.8 Å². The molecule has 1 unspecified atom stereocenters. The monoisotopic (exact) mass is 267 g/mol. The van der Waals surface area contributed by atoms with Crippen LogP contribution < -0.4 is 10.2 Å². The zero-order valence-electron chi connectivity index (χ0n) is 12.2. The first-order chi connectivity index (χ1) is 9.17. The average Bonchev–Trinajstić information content (AvgIpc) is 2.88. The first kappa shape index (κ1) is 14.3. The molecule has 2 heterocycles. The van der Waals surface area contributed by atoms with Gasteiger partial charge in [-0.25, -0.2) is 0 Å². The van der Waals surface area contributed by atoms with Gasteiger partial charge in [-0.15, -0.1) is 0 Å². The van der Waals surface area contributed by atoms with Gasteiger partial charge in [0.25, 0.3) is 6.01 Å². The standard InChI is InChI=1S/C14H25N3O2/c1-4-7-15-9-12-10-19-13(16-12)17-8-5-6-14(2,11-17)18-3/h10,15H,4-9,11H2,1-3H3. The lowest BCUT2D eigenvalue weighted by molar-refractivity contribution is -0.00564. The number of hydrogen-bond donors (Lipinski definition) is 1. The maximum atomic E-state index is 5.59. The lowest BCUT2D eigenvalue weighted by Crippen LogP contribution is -2.47. The third-order valence-electron chi connectivity index (χ3n) is 3.69. The van der Waals surface area contributed by atoms with Gasteiger partial charge in [-0.2, -0.15) is 4.98 Å². The summed E-state index contributed by atoms with van der Waals surface area (Å²) in [5, 5.41) is 3.33. The number of aromatic nitrogens is 1. The molecule has 0 aromatic carbocycles. The van der Waals surface area contributed by atoms with Crippen LogP contribution in [0, 0.1) is 0 Å². The van der Waals surface area contributed by atoms with Crippen LogP contribution >= 0.6 is 0 Å². The van der Waals surface area contributed by atoms with Gasteiger partial charge in [-0.05, 0) is 32.7 Å². The van der Waals surface area contributed by atoms with E-state index in [-0.39, 0.29) is 5.60 Å². The first-order valence-corrected chi connectivity index (χ1v) is 7.12. The molecule has 108 valence electrons. The molecule has 0 aliphatic carbocycles. The summed E-state index contributed by atoms with van der Waals surface area (Å²) < 4.78 is 11.2. The zero-order valence-corrected chi connectivity index (χ0v) is 12.2. The number of anilines is 1. The summed E-state index contributed by atoms with van der Waals surface area (Å²) in [7, 11) is 1.78. The summed E-state index contributed by atoms with van der Waals surface area (Å²) in [6.07, 6.45) is 5.07. The summed E-state index contributed by atoms with van der Waals surface area (Å²) in [5.41, 5.74) is 0.876. The van der Waals surface area contributed by atoms with Gasteiger partial charge >= 0.3 is 0 Å². The first-order valence-electron chi connectivity index (χ1n) is 7.12. The number of nitrogens with one attached hydrogen (secondary N) is 1. The third kappa shape index (κ3) is 3.70. The summed E-state index contributed by atoms with van der Waals surface area (Å²) in [5.74, 6) is 0. The molecule has 5 nitrogen and oxygen atoms in total. The topological polar surface area (TPSA) is 50.5 Å². The highest BCUT2D eigenvalue weighted by molar-refractivity contribution is 5.29. The van der Waals surface area contributed by atoms with Gasteiger partial charge in [0.2, 0.25) is 0 Å². The van der Waals surface area contributed by atoms with Crippen molar-refractivity contribution in [3.63, 3.8) is 0 Å². The number of hydrogen-bond acceptors (Lipinski definition) is 5. The number of piperidine rings is 1. The second-order valence-electron chi connectivity index (χ2n) is 5.48. The minimum atomic E-state index is -0.0899. The molecule has 0 radical (unpaired) electrons. The molecule has 2 rings (SSSR count). The molecular formula is C14H25N3O2. The van der Waals surface area contributed by atoms with Gasteiger partial charge in [0.1, 0.15) is 6.26 Å². The smallest absolute Gasteiger partial charge is 0.297 e. The van der Waals surface area contributed by atoms with Crippen LogP contribution in [0.15, 0.2) is 10.7 Å². The Labute approximate surface area is 115 Å². The molecule has 0 spiro atoms. The van der Waals surface area contributed by atoms with Crippen molar-refractivity contribution in [2.75, 3.05) is 31.6 Å². The van der Waals surface area contributed by atoms with E-state index in [0.717, 1.165) is 57.2 Å². The summed E-state index contributed by atoms with van der Waals surface area (Å²) in [6.45, 7) is 7.90. The van der Waals surface area contributed by atoms with Crippen molar-refractivity contribution in [1.82, 2.24) is 10.3 Å². The predicted molar refractivity (Wildman–Crippen MR) is 75.4 cm³/mol. The molecule has 1 aliphatic heterocycles. The quantitative estimate of drug-likeness (QED) is 0.801. The van der Waals surface area contributed by atoms with Crippen LogP contribution in [0.25, 0.3) is 0 Å². The second-order valence-corrected chi connectivity index (χ2v) is 5.48. The Morgan fingerprint density at radius 1 is 1.58 bits per heavy atom. The van der Waals surface area contributed by atoms with Crippen molar-refractivity contribution >= 4 is 6.01 Å². The normalized spacial score (nSPS) is 23.8. The molecule has 0 amide bonds. The molecule has 1 saturated heterocycles. The Kier molecular flexibility index (Phi) is 4.82. The van der Waals surface area contributed by atoms with Crippen LogP contribution in [0.2, 0.25) is 0 Å². The summed E-state index contributed by atoms with van der Waals surface area (Å²) in [4.78, 5) is 6.72. The van der Waals surface area contributed by atoms with Gasteiger partial charge in [0.15, 0.2) is 0 Å². The maximum Gasteiger partial charge on any atom is 0.297 e. The molecule has 0 saturated carbocycles. The molecule has 1 atom stereocenters. The van der Waals surface area contributed by atoms with Gasteiger partial charge in [0, 0.05) is 20.2 Å². The molecule has 1 fully saturated rings. The van der Waals surface area contributed by atoms with Crippen LogP contribution in [0.4, 0.5) is 6.01 Å². The molecule has 5 heteroatoms. The number of nitrogens with zero attached hydrogens (tertiary/aromatic N) is 2. The van der Waals surface area contributed by atoms with Crippen molar-refractivity contribution < 1.29 is 9.15 Å². The van der Waals surface area contributed by atoms with E-state index in [2.05, 4.69) is 29.0 Å². The molecule has 19 heavy (non-hydrogen) atoms. The van der Waals surface area contributed by atoms with E-state index in [1.165, 1.54) is 0 Å². The largest absolute Gasteiger partial charge is 0.432 e. The zero-order chi connectivity index (χ0) is 13.7. The Bertz CT molecular complexity index is 394. The molecular weight excluding hydrogens is 242 g/mol. The van der Waals surface area contributed by atoms with Crippen molar-refractivity contribution in [2.24, 2.45) is 0 Å². The number of rotatable bonds is 6. The Balaban J connectivity index is 1.94. The predicted octanol–water partition coefficient (Wildman–Crippen LogP) is 2.18. The van der Waals surface area contributed by atoms with Crippen molar-refractivity contribution in [1.29, 1.82) is 0 Å². The highest BCUT2D eigenvalue weighted by atomic mass is 16.5. The lowest BCUT2D eigenvalue weighted by atomic mass is 9.95. The van der Waals surface area contributed by atoms with E-state index in [9.17, 15) is 0 Å². The van der Waals surface area contributed by atoms with Crippen molar-refractivity contribution in [2.45, 2.75) is 45.3 Å². The Hall–Kier alpha value is -1.07. The number of oxazole rings is 1. The van der Waals surface area contributed by atoms with E-state index in [0.29, 0.717) is 0 Å². The van der Waals surface area contributed by atoms with Crippen LogP contribution in [-0.2, 0) is 11.3 Å². The Morgan fingerprint density at radius 3 is 3.16 bits per heavy atom. The van der Waals surface area contributed by atoms with Gasteiger partial charge in [-0.1, -0.05) is 6.92 Å². The fourth-order valence-corrected chi connectivity index (χ4v) is 2.45. The highest BCUT2D eigenvalue weighted by Gasteiger charge is 2.32. The fraction of sp³-hybridized carbons (Fsp3) is 0.786. The summed E-state index contributed by atoms with van der Waals surface area (Å²) in [6, 6.07) is 0.719. The molecule has 1 aromatic rings. The molecule has 1 aromatic heterocycles. The maximum absolute atomic E-state index is 5.59. The molecule has 1 aliphatic rings. The van der Waals surface area contributed by atoms with Crippen LogP contribution in [0.5, 0.6) is 0 Å². The van der Waals surface area contributed by atoms with E-state index in [4.69, 9.17) is 9.15 Å². The van der Waals surface area contributed by atoms with Gasteiger partial charge < -0.3 is 19.4 Å². The highest BCUT2D eigenvalue weighted by Crippen LogP contribution is 2.27. The number of ether oxygens (including phenoxy) is 1. The van der Waals surface area contributed by atoms with E-state index < -0.39 is 0 Å². The van der Waals surface area contributed by atoms with Crippen LogP contribution in [-0.4, -0.2) is 37.3 Å². The van der Waals surface area contributed by atoms with E-state index in [1.54, 1.807) is 13.4 Å². The fourth-order valence-electron chi connectivity index (χ4n) is 2.45. The Morgan fingerprint density at radius 2 is 2.42 bits per heavy atom. The molecule has 1 N–H and O–H groups in total. The third-order valence-corrected chi connectivity index (χ3v) is 3.69. The summed E-state index contributed by atoms with van der Waals surface area (Å²) >= 11 is 0. The molecule has 0 bridgehead atoms. The second kappa shape index (κ2) is 6.39. The van der Waals surface area contributed by atoms with Crippen LogP contribution in [0.3, 0.4) is 0 Å². The average molecular weight is 267 g/mol. The minimum Gasteiger partial charge on any atom is -0.432 e. The van der Waals surface area contributed by atoms with Gasteiger partial charge in [-0.3, -0.25) is 0 Å². The van der Waals surface area contributed by atoms with Crippen molar-refractivity contribution in [3.05, 3.63) is 12.0 Å². The number of methoxy groups -OCH3 is 1. The van der Waals surface area contributed by atoms with Crippen molar-refractivity contribution in [3.8, 4) is 0 Å². The van der Waals surface area contributed by atoms with E-state index in [1.807, 2.05) is 0 Å². The minimum absolute atomic E-state index is 0.0899. The van der Waals surface area contributed by atoms with E-state index >= 15 is 0 Å².